The third-order valence-corrected chi connectivity index (χ3v) is 4.00. The van der Waals surface area contributed by atoms with E-state index in [4.69, 9.17) is 16.3 Å². The van der Waals surface area contributed by atoms with Gasteiger partial charge in [0.1, 0.15) is 11.6 Å². The topological polar surface area (TPSA) is 27.1 Å². The summed E-state index contributed by atoms with van der Waals surface area (Å²) in [5, 5.41) is 0. The molecule has 0 bridgehead atoms. The summed E-state index contributed by atoms with van der Waals surface area (Å²) in [5.74, 6) is 3.41. The van der Waals surface area contributed by atoms with E-state index in [2.05, 4.69) is 36.4 Å². The number of benzene rings is 1. The Labute approximate surface area is 119 Å². The number of nitrogens with zero attached hydrogens (tertiary/aromatic N) is 2. The van der Waals surface area contributed by atoms with Gasteiger partial charge in [-0.05, 0) is 24.0 Å². The summed E-state index contributed by atoms with van der Waals surface area (Å²) >= 11 is 6.03. The second-order valence-electron chi connectivity index (χ2n) is 5.35. The summed E-state index contributed by atoms with van der Waals surface area (Å²) in [6.45, 7) is 7.70. The molecule has 1 unspecified atom stereocenters. The zero-order chi connectivity index (χ0) is 14.0. The first-order valence-electron chi connectivity index (χ1n) is 6.66. The van der Waals surface area contributed by atoms with Crippen molar-refractivity contribution in [2.75, 3.05) is 7.11 Å². The number of halogens is 1. The highest BCUT2D eigenvalue weighted by Crippen LogP contribution is 2.25. The molecule has 0 aliphatic rings. The van der Waals surface area contributed by atoms with Gasteiger partial charge in [-0.2, -0.15) is 0 Å². The Morgan fingerprint density at radius 3 is 2.63 bits per heavy atom. The van der Waals surface area contributed by atoms with Gasteiger partial charge in [-0.15, -0.1) is 11.6 Å². The monoisotopic (exact) mass is 280 g/mol. The van der Waals surface area contributed by atoms with Crippen molar-refractivity contribution >= 4 is 22.6 Å². The summed E-state index contributed by atoms with van der Waals surface area (Å²) in [7, 11) is 1.67. The Balaban J connectivity index is 2.45. The van der Waals surface area contributed by atoms with E-state index in [0.717, 1.165) is 29.2 Å². The predicted molar refractivity (Wildman–Crippen MR) is 79.8 cm³/mol. The van der Waals surface area contributed by atoms with Crippen LogP contribution >= 0.6 is 11.6 Å². The van der Waals surface area contributed by atoms with Crippen LogP contribution in [-0.4, -0.2) is 16.7 Å². The molecule has 3 nitrogen and oxygen atoms in total. The van der Waals surface area contributed by atoms with Crippen LogP contribution in [0.25, 0.3) is 11.0 Å². The molecule has 0 saturated heterocycles. The van der Waals surface area contributed by atoms with Crippen molar-refractivity contribution in [2.24, 2.45) is 11.8 Å². The first-order chi connectivity index (χ1) is 9.06. The zero-order valence-electron chi connectivity index (χ0n) is 12.0. The Hall–Kier alpha value is -1.22. The van der Waals surface area contributed by atoms with E-state index in [0.29, 0.717) is 17.7 Å². The van der Waals surface area contributed by atoms with Gasteiger partial charge in [-0.3, -0.25) is 0 Å². The number of ether oxygens (including phenoxy) is 1. The molecule has 1 aromatic carbocycles. The van der Waals surface area contributed by atoms with Crippen molar-refractivity contribution in [3.63, 3.8) is 0 Å². The molecule has 2 rings (SSSR count). The fourth-order valence-electron chi connectivity index (χ4n) is 2.09. The van der Waals surface area contributed by atoms with Gasteiger partial charge in [0.2, 0.25) is 0 Å². The fraction of sp³-hybridized carbons (Fsp3) is 0.533. The maximum atomic E-state index is 6.03. The molecule has 0 aliphatic carbocycles. The van der Waals surface area contributed by atoms with Gasteiger partial charge in [-0.25, -0.2) is 4.98 Å². The van der Waals surface area contributed by atoms with Crippen LogP contribution in [0.4, 0.5) is 0 Å². The number of hydrogen-bond acceptors (Lipinski definition) is 2. The van der Waals surface area contributed by atoms with E-state index in [9.17, 15) is 0 Å². The van der Waals surface area contributed by atoms with Gasteiger partial charge >= 0.3 is 0 Å². The lowest BCUT2D eigenvalue weighted by atomic mass is 9.98. The van der Waals surface area contributed by atoms with Crippen molar-refractivity contribution in [3.05, 3.63) is 24.0 Å². The van der Waals surface area contributed by atoms with Crippen molar-refractivity contribution in [1.82, 2.24) is 9.55 Å². The second-order valence-corrected chi connectivity index (χ2v) is 5.62. The molecule has 2 aromatic rings. The predicted octanol–water partition coefficient (Wildman–Crippen LogP) is 4.08. The first kappa shape index (κ1) is 14.2. The summed E-state index contributed by atoms with van der Waals surface area (Å²) in [6, 6.07) is 5.99. The second kappa shape index (κ2) is 5.83. The van der Waals surface area contributed by atoms with Gasteiger partial charge in [0.15, 0.2) is 0 Å². The number of rotatable bonds is 5. The molecule has 0 fully saturated rings. The van der Waals surface area contributed by atoms with Gasteiger partial charge < -0.3 is 9.30 Å². The quantitative estimate of drug-likeness (QED) is 0.772. The summed E-state index contributed by atoms with van der Waals surface area (Å²) in [5.41, 5.74) is 2.08. The minimum absolute atomic E-state index is 0.432. The molecular formula is C15H21ClN2O. The summed E-state index contributed by atoms with van der Waals surface area (Å²) < 4.78 is 7.47. The standard InChI is InChI=1S/C15H21ClN2O/c1-10(2)11(3)9-18-14-6-5-12(19-4)7-13(14)17-15(18)8-16/h5-7,10-11H,8-9H2,1-4H3. The Bertz CT molecular complexity index is 563. The molecular weight excluding hydrogens is 260 g/mol. The molecule has 0 N–H and O–H groups in total. The number of methoxy groups -OCH3 is 1. The Morgan fingerprint density at radius 2 is 2.05 bits per heavy atom. The van der Waals surface area contributed by atoms with E-state index in [1.165, 1.54) is 0 Å². The van der Waals surface area contributed by atoms with E-state index in [1.807, 2.05) is 12.1 Å². The molecule has 0 aliphatic heterocycles. The normalized spacial score (nSPS) is 13.2. The fourth-order valence-corrected chi connectivity index (χ4v) is 2.30. The SMILES string of the molecule is COc1ccc2c(c1)nc(CCl)n2CC(C)C(C)C. The third-order valence-electron chi connectivity index (χ3n) is 3.76. The lowest BCUT2D eigenvalue weighted by molar-refractivity contribution is 0.365. The number of imidazole rings is 1. The van der Waals surface area contributed by atoms with E-state index in [1.54, 1.807) is 7.11 Å². The molecule has 19 heavy (non-hydrogen) atoms. The highest BCUT2D eigenvalue weighted by atomic mass is 35.5. The van der Waals surface area contributed by atoms with Crippen molar-refractivity contribution in [3.8, 4) is 5.75 Å². The molecule has 104 valence electrons. The molecule has 4 heteroatoms. The molecule has 0 spiro atoms. The first-order valence-corrected chi connectivity index (χ1v) is 7.19. The Morgan fingerprint density at radius 1 is 1.32 bits per heavy atom. The van der Waals surface area contributed by atoms with Crippen LogP contribution in [-0.2, 0) is 12.4 Å². The zero-order valence-corrected chi connectivity index (χ0v) is 12.7. The highest BCUT2D eigenvalue weighted by Gasteiger charge is 2.15. The molecule has 0 saturated carbocycles. The highest BCUT2D eigenvalue weighted by molar-refractivity contribution is 6.16. The number of hydrogen-bond donors (Lipinski definition) is 0. The minimum atomic E-state index is 0.432. The molecule has 0 amide bonds. The third kappa shape index (κ3) is 2.86. The summed E-state index contributed by atoms with van der Waals surface area (Å²) in [4.78, 5) is 4.60. The Kier molecular flexibility index (Phi) is 4.35. The van der Waals surface area contributed by atoms with Crippen LogP contribution in [0.5, 0.6) is 5.75 Å². The average molecular weight is 281 g/mol. The van der Waals surface area contributed by atoms with Gasteiger partial charge in [0, 0.05) is 12.6 Å². The number of fused-ring (bicyclic) bond motifs is 1. The maximum absolute atomic E-state index is 6.03. The molecule has 1 atom stereocenters. The van der Waals surface area contributed by atoms with Crippen molar-refractivity contribution in [1.29, 1.82) is 0 Å². The number of alkyl halides is 1. The summed E-state index contributed by atoms with van der Waals surface area (Å²) in [6.07, 6.45) is 0. The average Bonchev–Trinajstić information content (AvgIpc) is 2.75. The number of aromatic nitrogens is 2. The van der Waals surface area contributed by atoms with Gasteiger partial charge in [0.05, 0.1) is 24.0 Å². The minimum Gasteiger partial charge on any atom is -0.497 e. The molecule has 1 heterocycles. The lowest BCUT2D eigenvalue weighted by Gasteiger charge is -2.18. The molecule has 1 aromatic heterocycles. The smallest absolute Gasteiger partial charge is 0.124 e. The molecule has 0 radical (unpaired) electrons. The van der Waals surface area contributed by atoms with Crippen LogP contribution < -0.4 is 4.74 Å². The van der Waals surface area contributed by atoms with Crippen LogP contribution in [0, 0.1) is 11.8 Å². The van der Waals surface area contributed by atoms with Crippen LogP contribution in [0.1, 0.15) is 26.6 Å². The van der Waals surface area contributed by atoms with Gasteiger partial charge in [0.25, 0.3) is 0 Å². The lowest BCUT2D eigenvalue weighted by Crippen LogP contribution is -2.14. The van der Waals surface area contributed by atoms with Crippen LogP contribution in [0.3, 0.4) is 0 Å². The van der Waals surface area contributed by atoms with Gasteiger partial charge in [-0.1, -0.05) is 20.8 Å². The van der Waals surface area contributed by atoms with Crippen molar-refractivity contribution in [2.45, 2.75) is 33.2 Å². The van der Waals surface area contributed by atoms with E-state index in [-0.39, 0.29) is 0 Å². The van der Waals surface area contributed by atoms with Crippen LogP contribution in [0.15, 0.2) is 18.2 Å². The van der Waals surface area contributed by atoms with E-state index >= 15 is 0 Å². The van der Waals surface area contributed by atoms with Crippen LogP contribution in [0.2, 0.25) is 0 Å². The largest absolute Gasteiger partial charge is 0.497 e. The van der Waals surface area contributed by atoms with E-state index < -0.39 is 0 Å². The maximum Gasteiger partial charge on any atom is 0.124 e. The van der Waals surface area contributed by atoms with Crippen molar-refractivity contribution < 1.29 is 4.74 Å².